The zero-order valence-corrected chi connectivity index (χ0v) is 7.21. The van der Waals surface area contributed by atoms with Crippen molar-refractivity contribution in [3.63, 3.8) is 0 Å². The molecule has 0 amide bonds. The molecule has 0 saturated carbocycles. The molecule has 0 radical (unpaired) electrons. The molecule has 0 aromatic rings. The summed E-state index contributed by atoms with van der Waals surface area (Å²) in [6.45, 7) is 5.33. The van der Waals surface area contributed by atoms with Crippen LogP contribution in [0.2, 0.25) is 0 Å². The Hall–Kier alpha value is 0.310. The molecule has 0 heterocycles. The predicted octanol–water partition coefficient (Wildman–Crippen LogP) is 1.72. The van der Waals surface area contributed by atoms with E-state index in [0.29, 0.717) is 0 Å². The van der Waals surface area contributed by atoms with Crippen LogP contribution in [0.4, 0.5) is 0 Å². The molecule has 0 atom stereocenters. The Bertz CT molecular complexity index is 54.9. The van der Waals surface area contributed by atoms with E-state index in [1.165, 1.54) is 12.2 Å². The first-order valence-electron chi connectivity index (χ1n) is 3.55. The van der Waals surface area contributed by atoms with Crippen LogP contribution in [-0.2, 0) is 0 Å². The first kappa shape index (κ1) is 9.31. The number of hydrogen-bond donors (Lipinski definition) is 1. The lowest BCUT2D eigenvalue weighted by molar-refractivity contribution is 0.632. The molecule has 0 aliphatic heterocycles. The monoisotopic (exact) mass is 147 g/mol. The van der Waals surface area contributed by atoms with Gasteiger partial charge in [-0.3, -0.25) is 0 Å². The minimum Gasteiger partial charge on any atom is -0.330 e. The van der Waals surface area contributed by atoms with Crippen LogP contribution in [-0.4, -0.2) is 18.1 Å². The fraction of sp³-hybridized carbons (Fsp3) is 1.00. The average molecular weight is 147 g/mol. The Morgan fingerprint density at radius 2 is 2.00 bits per heavy atom. The largest absolute Gasteiger partial charge is 0.330 e. The Morgan fingerprint density at radius 3 is 2.44 bits per heavy atom. The molecule has 0 aliphatic carbocycles. The van der Waals surface area contributed by atoms with Gasteiger partial charge in [0.2, 0.25) is 0 Å². The summed E-state index contributed by atoms with van der Waals surface area (Å²) >= 11 is 1.96. The van der Waals surface area contributed by atoms with Gasteiger partial charge >= 0.3 is 0 Å². The molecular formula is C7H17NS. The van der Waals surface area contributed by atoms with Gasteiger partial charge in [0.1, 0.15) is 0 Å². The second-order valence-corrected chi connectivity index (χ2v) is 3.81. The van der Waals surface area contributed by atoms with Crippen LogP contribution < -0.4 is 5.73 Å². The van der Waals surface area contributed by atoms with Crippen molar-refractivity contribution in [1.82, 2.24) is 0 Å². The van der Waals surface area contributed by atoms with Gasteiger partial charge in [-0.05, 0) is 18.1 Å². The molecule has 0 rings (SSSR count). The number of rotatable bonds is 5. The van der Waals surface area contributed by atoms with E-state index in [4.69, 9.17) is 5.73 Å². The first-order chi connectivity index (χ1) is 4.27. The standard InChI is InChI=1S/C7H17NS/c1-7(2)3-5-9-6-4-8/h7H,3-6,8H2,1-2H3. The first-order valence-corrected chi connectivity index (χ1v) is 4.70. The van der Waals surface area contributed by atoms with Gasteiger partial charge in [0.25, 0.3) is 0 Å². The molecule has 56 valence electrons. The molecule has 1 nitrogen and oxygen atoms in total. The van der Waals surface area contributed by atoms with Gasteiger partial charge in [-0.1, -0.05) is 13.8 Å². The van der Waals surface area contributed by atoms with Crippen LogP contribution in [0.25, 0.3) is 0 Å². The lowest BCUT2D eigenvalue weighted by Gasteiger charge is -2.01. The zero-order valence-electron chi connectivity index (χ0n) is 6.39. The molecule has 0 bridgehead atoms. The molecule has 0 aromatic carbocycles. The van der Waals surface area contributed by atoms with Gasteiger partial charge in [-0.15, -0.1) is 0 Å². The van der Waals surface area contributed by atoms with Crippen molar-refractivity contribution in [3.05, 3.63) is 0 Å². The summed E-state index contributed by atoms with van der Waals surface area (Å²) < 4.78 is 0. The third-order valence-corrected chi connectivity index (χ3v) is 2.15. The summed E-state index contributed by atoms with van der Waals surface area (Å²) in [6, 6.07) is 0. The molecule has 0 fully saturated rings. The second-order valence-electron chi connectivity index (χ2n) is 2.58. The SMILES string of the molecule is CC(C)CCSCCN. The number of thioether (sulfide) groups is 1. The van der Waals surface area contributed by atoms with Crippen molar-refractivity contribution in [3.8, 4) is 0 Å². The third kappa shape index (κ3) is 8.31. The van der Waals surface area contributed by atoms with Crippen LogP contribution in [0, 0.1) is 5.92 Å². The van der Waals surface area contributed by atoms with Crippen molar-refractivity contribution in [1.29, 1.82) is 0 Å². The lowest BCUT2D eigenvalue weighted by Crippen LogP contribution is -2.02. The molecule has 0 spiro atoms. The lowest BCUT2D eigenvalue weighted by atomic mass is 10.2. The third-order valence-electron chi connectivity index (χ3n) is 1.10. The summed E-state index contributed by atoms with van der Waals surface area (Å²) in [5.74, 6) is 3.23. The fourth-order valence-corrected chi connectivity index (χ4v) is 1.51. The summed E-state index contributed by atoms with van der Waals surface area (Å²) in [5, 5.41) is 0. The van der Waals surface area contributed by atoms with Gasteiger partial charge < -0.3 is 5.73 Å². The quantitative estimate of drug-likeness (QED) is 0.599. The maximum Gasteiger partial charge on any atom is 0.00558 e. The van der Waals surface area contributed by atoms with Gasteiger partial charge in [0.15, 0.2) is 0 Å². The smallest absolute Gasteiger partial charge is 0.00558 e. The maximum atomic E-state index is 5.32. The van der Waals surface area contributed by atoms with Crippen LogP contribution in [0.1, 0.15) is 20.3 Å². The van der Waals surface area contributed by atoms with Crippen LogP contribution in [0.15, 0.2) is 0 Å². The topological polar surface area (TPSA) is 26.0 Å². The molecule has 0 saturated heterocycles. The van der Waals surface area contributed by atoms with E-state index < -0.39 is 0 Å². The normalized spacial score (nSPS) is 10.7. The van der Waals surface area contributed by atoms with E-state index in [0.717, 1.165) is 18.2 Å². The van der Waals surface area contributed by atoms with E-state index in [2.05, 4.69) is 13.8 Å². The van der Waals surface area contributed by atoms with E-state index in [1.54, 1.807) is 0 Å². The summed E-state index contributed by atoms with van der Waals surface area (Å²) in [5.41, 5.74) is 5.32. The highest BCUT2D eigenvalue weighted by molar-refractivity contribution is 7.99. The highest BCUT2D eigenvalue weighted by atomic mass is 32.2. The van der Waals surface area contributed by atoms with Crippen molar-refractivity contribution in [2.45, 2.75) is 20.3 Å². The highest BCUT2D eigenvalue weighted by Gasteiger charge is 1.92. The Morgan fingerprint density at radius 1 is 1.33 bits per heavy atom. The van der Waals surface area contributed by atoms with Crippen LogP contribution in [0.5, 0.6) is 0 Å². The molecule has 0 aliphatic rings. The van der Waals surface area contributed by atoms with Crippen LogP contribution in [0.3, 0.4) is 0 Å². The maximum absolute atomic E-state index is 5.32. The molecule has 0 unspecified atom stereocenters. The molecule has 0 aromatic heterocycles. The molecule has 9 heavy (non-hydrogen) atoms. The zero-order chi connectivity index (χ0) is 7.11. The molecule has 2 heteroatoms. The van der Waals surface area contributed by atoms with E-state index in [9.17, 15) is 0 Å². The van der Waals surface area contributed by atoms with Crippen molar-refractivity contribution in [2.75, 3.05) is 18.1 Å². The van der Waals surface area contributed by atoms with E-state index in [1.807, 2.05) is 11.8 Å². The predicted molar refractivity (Wildman–Crippen MR) is 45.8 cm³/mol. The summed E-state index contributed by atoms with van der Waals surface area (Å²) in [4.78, 5) is 0. The summed E-state index contributed by atoms with van der Waals surface area (Å²) in [7, 11) is 0. The van der Waals surface area contributed by atoms with Crippen molar-refractivity contribution >= 4 is 11.8 Å². The minimum atomic E-state index is 0.822. The van der Waals surface area contributed by atoms with Gasteiger partial charge in [0, 0.05) is 12.3 Å². The Balaban J connectivity index is 2.75. The number of hydrogen-bond acceptors (Lipinski definition) is 2. The van der Waals surface area contributed by atoms with Gasteiger partial charge in [0.05, 0.1) is 0 Å². The highest BCUT2D eigenvalue weighted by Crippen LogP contribution is 2.06. The summed E-state index contributed by atoms with van der Waals surface area (Å²) in [6.07, 6.45) is 1.32. The van der Waals surface area contributed by atoms with Crippen molar-refractivity contribution < 1.29 is 0 Å². The average Bonchev–Trinajstić information content (AvgIpc) is 1.80. The fourth-order valence-electron chi connectivity index (χ4n) is 0.504. The van der Waals surface area contributed by atoms with E-state index in [-0.39, 0.29) is 0 Å². The van der Waals surface area contributed by atoms with Crippen LogP contribution >= 0.6 is 11.8 Å². The number of nitrogens with two attached hydrogens (primary N) is 1. The second kappa shape index (κ2) is 6.43. The van der Waals surface area contributed by atoms with E-state index >= 15 is 0 Å². The minimum absolute atomic E-state index is 0.822. The Kier molecular flexibility index (Phi) is 6.65. The molecule has 2 N–H and O–H groups in total. The molecular weight excluding hydrogens is 130 g/mol. The van der Waals surface area contributed by atoms with Gasteiger partial charge in [-0.25, -0.2) is 0 Å². The Labute approximate surface area is 62.4 Å². The van der Waals surface area contributed by atoms with Crippen molar-refractivity contribution in [2.24, 2.45) is 11.7 Å². The van der Waals surface area contributed by atoms with Gasteiger partial charge in [-0.2, -0.15) is 11.8 Å².